The van der Waals surface area contributed by atoms with Crippen LogP contribution >= 0.6 is 11.6 Å². The van der Waals surface area contributed by atoms with E-state index in [0.717, 1.165) is 16.4 Å². The van der Waals surface area contributed by atoms with Crippen LogP contribution < -0.4 is 5.73 Å². The van der Waals surface area contributed by atoms with Crippen molar-refractivity contribution in [1.29, 1.82) is 0 Å². The van der Waals surface area contributed by atoms with Gasteiger partial charge in [-0.1, -0.05) is 11.6 Å². The van der Waals surface area contributed by atoms with Crippen molar-refractivity contribution in [1.82, 2.24) is 4.31 Å². The summed E-state index contributed by atoms with van der Waals surface area (Å²) >= 11 is 5.55. The molecular formula is C14H18ClF3N2O3S. The number of ether oxygens (including phenoxy) is 1. The highest BCUT2D eigenvalue weighted by Gasteiger charge is 2.39. The van der Waals surface area contributed by atoms with E-state index < -0.39 is 37.7 Å². The van der Waals surface area contributed by atoms with Crippen molar-refractivity contribution in [3.8, 4) is 0 Å². The van der Waals surface area contributed by atoms with Gasteiger partial charge in [-0.15, -0.1) is 0 Å². The van der Waals surface area contributed by atoms with Gasteiger partial charge in [-0.3, -0.25) is 0 Å². The lowest BCUT2D eigenvalue weighted by Gasteiger charge is -2.37. The number of hydrogen-bond acceptors (Lipinski definition) is 4. The van der Waals surface area contributed by atoms with Crippen molar-refractivity contribution < 1.29 is 26.3 Å². The first-order chi connectivity index (χ1) is 11.1. The second-order valence-electron chi connectivity index (χ2n) is 5.53. The van der Waals surface area contributed by atoms with E-state index in [9.17, 15) is 21.6 Å². The number of benzene rings is 1. The third kappa shape index (κ3) is 3.85. The fourth-order valence-electron chi connectivity index (χ4n) is 2.75. The summed E-state index contributed by atoms with van der Waals surface area (Å²) in [7, 11) is -2.59. The number of sulfonamides is 1. The summed E-state index contributed by atoms with van der Waals surface area (Å²) in [5.74, 6) is 0. The van der Waals surface area contributed by atoms with Gasteiger partial charge in [-0.2, -0.15) is 17.5 Å². The van der Waals surface area contributed by atoms with Crippen LogP contribution in [0.15, 0.2) is 23.1 Å². The highest BCUT2D eigenvalue weighted by Crippen LogP contribution is 2.37. The normalized spacial score (nSPS) is 23.4. The van der Waals surface area contributed by atoms with Crippen LogP contribution in [-0.2, 0) is 20.9 Å². The molecule has 0 spiro atoms. The Balaban J connectivity index is 2.40. The predicted molar refractivity (Wildman–Crippen MR) is 83.2 cm³/mol. The van der Waals surface area contributed by atoms with E-state index in [2.05, 4.69) is 0 Å². The zero-order valence-corrected chi connectivity index (χ0v) is 14.5. The van der Waals surface area contributed by atoms with Crippen LogP contribution in [0.1, 0.15) is 18.4 Å². The van der Waals surface area contributed by atoms with Gasteiger partial charge in [0.2, 0.25) is 10.0 Å². The van der Waals surface area contributed by atoms with Gasteiger partial charge in [0.1, 0.15) is 0 Å². The molecule has 0 amide bonds. The molecule has 1 aromatic rings. The molecule has 1 fully saturated rings. The zero-order valence-electron chi connectivity index (χ0n) is 12.9. The topological polar surface area (TPSA) is 72.6 Å². The van der Waals surface area contributed by atoms with Crippen molar-refractivity contribution in [2.45, 2.75) is 36.1 Å². The number of halogens is 4. The van der Waals surface area contributed by atoms with Gasteiger partial charge in [0.15, 0.2) is 0 Å². The number of hydrogen-bond donors (Lipinski definition) is 1. The zero-order chi connectivity index (χ0) is 18.1. The van der Waals surface area contributed by atoms with Crippen LogP contribution in [0.2, 0.25) is 5.02 Å². The highest BCUT2D eigenvalue weighted by molar-refractivity contribution is 7.89. The number of methoxy groups -OCH3 is 1. The molecule has 0 aliphatic carbocycles. The Morgan fingerprint density at radius 1 is 1.42 bits per heavy atom. The van der Waals surface area contributed by atoms with Gasteiger partial charge in [0.05, 0.1) is 21.6 Å². The molecule has 136 valence electrons. The maximum absolute atomic E-state index is 13.0. The maximum Gasteiger partial charge on any atom is 0.417 e. The predicted octanol–water partition coefficient (Wildman–Crippen LogP) is 2.49. The molecule has 5 nitrogen and oxygen atoms in total. The molecule has 24 heavy (non-hydrogen) atoms. The molecule has 2 rings (SSSR count). The summed E-state index contributed by atoms with van der Waals surface area (Å²) in [6.45, 7) is 0.186. The van der Waals surface area contributed by atoms with Crippen LogP contribution in [0, 0.1) is 0 Å². The molecule has 1 aromatic carbocycles. The maximum atomic E-state index is 13.0. The SMILES string of the molecule is COC1CCN(S(=O)(=O)c2ccc(Cl)c(C(F)(F)F)c2)C(CN)C1. The minimum absolute atomic E-state index is 0.0544. The summed E-state index contributed by atoms with van der Waals surface area (Å²) in [5, 5.41) is -0.546. The Labute approximate surface area is 143 Å². The molecule has 0 aromatic heterocycles. The minimum atomic E-state index is -4.74. The quantitative estimate of drug-likeness (QED) is 0.862. The van der Waals surface area contributed by atoms with Crippen LogP contribution in [0.3, 0.4) is 0 Å². The number of nitrogens with two attached hydrogens (primary N) is 1. The monoisotopic (exact) mass is 386 g/mol. The van der Waals surface area contributed by atoms with Gasteiger partial charge >= 0.3 is 6.18 Å². The Hall–Kier alpha value is -0.870. The molecular weight excluding hydrogens is 369 g/mol. The Morgan fingerprint density at radius 3 is 2.62 bits per heavy atom. The lowest BCUT2D eigenvalue weighted by atomic mass is 10.0. The fraction of sp³-hybridized carbons (Fsp3) is 0.571. The standard InChI is InChI=1S/C14H18ClF3N2O3S/c1-23-10-4-5-20(9(6-10)8-19)24(21,22)11-2-3-13(15)12(7-11)14(16,17)18/h2-3,7,9-10H,4-6,8,19H2,1H3. The fourth-order valence-corrected chi connectivity index (χ4v) is 4.67. The van der Waals surface area contributed by atoms with Crippen LogP contribution in [0.4, 0.5) is 13.2 Å². The first-order valence-electron chi connectivity index (χ1n) is 7.22. The van der Waals surface area contributed by atoms with Gasteiger partial charge in [-0.05, 0) is 31.0 Å². The van der Waals surface area contributed by atoms with E-state index in [-0.39, 0.29) is 19.2 Å². The second-order valence-corrected chi connectivity index (χ2v) is 7.82. The molecule has 1 aliphatic heterocycles. The van der Waals surface area contributed by atoms with E-state index in [1.807, 2.05) is 0 Å². The van der Waals surface area contributed by atoms with Crippen LogP contribution in [0.25, 0.3) is 0 Å². The molecule has 10 heteroatoms. The summed E-state index contributed by atoms with van der Waals surface area (Å²) in [6, 6.07) is 2.05. The van der Waals surface area contributed by atoms with Crippen molar-refractivity contribution in [2.24, 2.45) is 5.73 Å². The summed E-state index contributed by atoms with van der Waals surface area (Å²) in [4.78, 5) is -0.450. The summed E-state index contributed by atoms with van der Waals surface area (Å²) in [5.41, 5.74) is 4.47. The Bertz CT molecular complexity index is 697. The van der Waals surface area contributed by atoms with Crippen molar-refractivity contribution in [3.05, 3.63) is 28.8 Å². The third-order valence-corrected chi connectivity index (χ3v) is 6.35. The van der Waals surface area contributed by atoms with Crippen LogP contribution in [-0.4, -0.2) is 45.1 Å². The van der Waals surface area contributed by atoms with Crippen LogP contribution in [0.5, 0.6) is 0 Å². The van der Waals surface area contributed by atoms with Gasteiger partial charge in [0, 0.05) is 26.2 Å². The Kier molecular flexibility index (Phi) is 5.81. The lowest BCUT2D eigenvalue weighted by Crippen LogP contribution is -2.51. The van der Waals surface area contributed by atoms with E-state index in [1.54, 1.807) is 0 Å². The first-order valence-corrected chi connectivity index (χ1v) is 9.04. The first kappa shape index (κ1) is 19.5. The number of nitrogens with zero attached hydrogens (tertiary/aromatic N) is 1. The second kappa shape index (κ2) is 7.17. The summed E-state index contributed by atoms with van der Waals surface area (Å²) < 4.78 is 70.8. The summed E-state index contributed by atoms with van der Waals surface area (Å²) in [6.07, 6.45) is -4.02. The third-order valence-electron chi connectivity index (χ3n) is 4.07. The molecule has 2 atom stereocenters. The smallest absolute Gasteiger partial charge is 0.381 e. The van der Waals surface area contributed by atoms with Crippen molar-refractivity contribution in [3.63, 3.8) is 0 Å². The van der Waals surface area contributed by atoms with Gasteiger partial charge < -0.3 is 10.5 Å². The molecule has 0 saturated carbocycles. The van der Waals surface area contributed by atoms with E-state index in [0.29, 0.717) is 18.9 Å². The number of piperidine rings is 1. The Morgan fingerprint density at radius 2 is 2.08 bits per heavy atom. The largest absolute Gasteiger partial charge is 0.417 e. The lowest BCUT2D eigenvalue weighted by molar-refractivity contribution is -0.137. The molecule has 0 radical (unpaired) electrons. The molecule has 1 heterocycles. The molecule has 2 N–H and O–H groups in total. The molecule has 2 unspecified atom stereocenters. The number of alkyl halides is 3. The number of rotatable bonds is 4. The van der Waals surface area contributed by atoms with Gasteiger partial charge in [-0.25, -0.2) is 8.42 Å². The molecule has 1 aliphatic rings. The average molecular weight is 387 g/mol. The van der Waals surface area contributed by atoms with Crippen molar-refractivity contribution in [2.75, 3.05) is 20.2 Å². The molecule has 1 saturated heterocycles. The highest BCUT2D eigenvalue weighted by atomic mass is 35.5. The van der Waals surface area contributed by atoms with Gasteiger partial charge in [0.25, 0.3) is 0 Å². The van der Waals surface area contributed by atoms with E-state index in [4.69, 9.17) is 22.1 Å². The average Bonchev–Trinajstić information content (AvgIpc) is 2.53. The van der Waals surface area contributed by atoms with E-state index in [1.165, 1.54) is 7.11 Å². The molecule has 0 bridgehead atoms. The minimum Gasteiger partial charge on any atom is -0.381 e. The van der Waals surface area contributed by atoms with Crippen molar-refractivity contribution >= 4 is 21.6 Å². The van der Waals surface area contributed by atoms with E-state index >= 15 is 0 Å².